The van der Waals surface area contributed by atoms with Crippen LogP contribution in [0, 0.1) is 0 Å². The molecule has 7 heteroatoms. The van der Waals surface area contributed by atoms with E-state index in [1.54, 1.807) is 12.3 Å². The van der Waals surface area contributed by atoms with Gasteiger partial charge in [-0.05, 0) is 18.1 Å². The summed E-state index contributed by atoms with van der Waals surface area (Å²) in [4.78, 5) is 0. The third-order valence-corrected chi connectivity index (χ3v) is 3.59. The van der Waals surface area contributed by atoms with Gasteiger partial charge >= 0.3 is 0 Å². The number of aromatic amines is 1. The summed E-state index contributed by atoms with van der Waals surface area (Å²) in [5.41, 5.74) is 10.2. The first-order chi connectivity index (χ1) is 8.63. The average Bonchev–Trinajstić information content (AvgIpc) is 2.77. The molecule has 6 N–H and O–H groups in total. The van der Waals surface area contributed by atoms with Crippen LogP contribution < -0.4 is 17.0 Å². The Balaban J connectivity index is 2.26. The quantitative estimate of drug-likeness (QED) is 0.511. The predicted molar refractivity (Wildman–Crippen MR) is 73.2 cm³/mol. The lowest BCUT2D eigenvalue weighted by atomic mass is 10.0. The minimum Gasteiger partial charge on any atom is -0.384 e. The molecule has 0 spiro atoms. The molecule has 96 valence electrons. The second-order valence-electron chi connectivity index (χ2n) is 3.88. The van der Waals surface area contributed by atoms with Gasteiger partial charge in [0.1, 0.15) is 5.82 Å². The molecule has 1 aromatic heterocycles. The number of benzene rings is 1. The Hall–Kier alpha value is -1.27. The van der Waals surface area contributed by atoms with E-state index in [-0.39, 0.29) is 6.04 Å². The number of nitrogens with zero attached hydrogens (tertiary/aromatic N) is 1. The predicted octanol–water partition coefficient (Wildman–Crippen LogP) is 2.05. The minimum absolute atomic E-state index is 0.181. The monoisotopic (exact) mass is 285 g/mol. The Morgan fingerprint density at radius 3 is 2.78 bits per heavy atom. The number of nitrogen functional groups attached to an aromatic ring is 1. The Kier molecular flexibility index (Phi) is 4.08. The van der Waals surface area contributed by atoms with E-state index in [1.165, 1.54) is 0 Å². The lowest BCUT2D eigenvalue weighted by Crippen LogP contribution is -2.30. The molecule has 1 atom stereocenters. The van der Waals surface area contributed by atoms with Crippen molar-refractivity contribution in [2.24, 2.45) is 5.84 Å². The number of hydrazine groups is 1. The fourth-order valence-corrected chi connectivity index (χ4v) is 2.17. The maximum absolute atomic E-state index is 6.14. The van der Waals surface area contributed by atoms with Gasteiger partial charge in [-0.15, -0.1) is 0 Å². The van der Waals surface area contributed by atoms with Crippen LogP contribution in [0.5, 0.6) is 0 Å². The van der Waals surface area contributed by atoms with Crippen LogP contribution in [-0.4, -0.2) is 10.2 Å². The largest absolute Gasteiger partial charge is 0.384 e. The highest BCUT2D eigenvalue weighted by Gasteiger charge is 2.17. The highest BCUT2D eigenvalue weighted by atomic mass is 35.5. The highest BCUT2D eigenvalue weighted by molar-refractivity contribution is 6.42. The number of nitrogens with two attached hydrogens (primary N) is 2. The van der Waals surface area contributed by atoms with E-state index < -0.39 is 0 Å². The zero-order valence-electron chi connectivity index (χ0n) is 9.45. The summed E-state index contributed by atoms with van der Waals surface area (Å²) in [6.45, 7) is 0. The van der Waals surface area contributed by atoms with E-state index in [9.17, 15) is 0 Å². The molecule has 0 saturated carbocycles. The molecule has 0 fully saturated rings. The van der Waals surface area contributed by atoms with Gasteiger partial charge in [-0.25, -0.2) is 0 Å². The van der Waals surface area contributed by atoms with Gasteiger partial charge in [0, 0.05) is 5.56 Å². The summed E-state index contributed by atoms with van der Waals surface area (Å²) >= 11 is 12.1. The molecule has 2 aromatic rings. The minimum atomic E-state index is -0.181. The van der Waals surface area contributed by atoms with E-state index in [0.717, 1.165) is 11.1 Å². The number of nitrogens with one attached hydrogen (secondary N) is 2. The SMILES string of the molecule is NNC(Cc1cccc(Cl)c1Cl)c1cn[nH]c1N. The molecular weight excluding hydrogens is 273 g/mol. The van der Waals surface area contributed by atoms with Crippen LogP contribution in [0.4, 0.5) is 5.82 Å². The Labute approximate surface area is 114 Å². The summed E-state index contributed by atoms with van der Waals surface area (Å²) in [7, 11) is 0. The second-order valence-corrected chi connectivity index (χ2v) is 4.66. The van der Waals surface area contributed by atoms with E-state index in [2.05, 4.69) is 15.6 Å². The number of aromatic nitrogens is 2. The number of hydrogen-bond donors (Lipinski definition) is 4. The number of hydrogen-bond acceptors (Lipinski definition) is 4. The number of rotatable bonds is 4. The standard InChI is InChI=1S/C11H13Cl2N5/c12-8-3-1-2-6(10(8)13)4-9(17-15)7-5-16-18-11(7)14/h1-3,5,9,17H,4,15H2,(H3,14,16,18). The molecule has 18 heavy (non-hydrogen) atoms. The van der Waals surface area contributed by atoms with Crippen molar-refractivity contribution in [2.45, 2.75) is 12.5 Å². The van der Waals surface area contributed by atoms with Crippen molar-refractivity contribution in [3.63, 3.8) is 0 Å². The second kappa shape index (κ2) is 5.58. The highest BCUT2D eigenvalue weighted by Crippen LogP contribution is 2.29. The topological polar surface area (TPSA) is 92.7 Å². The fourth-order valence-electron chi connectivity index (χ4n) is 1.77. The summed E-state index contributed by atoms with van der Waals surface area (Å²) in [6.07, 6.45) is 2.21. The zero-order valence-corrected chi connectivity index (χ0v) is 11.0. The zero-order chi connectivity index (χ0) is 13.1. The summed E-state index contributed by atoms with van der Waals surface area (Å²) < 4.78 is 0. The van der Waals surface area contributed by atoms with Crippen molar-refractivity contribution in [3.8, 4) is 0 Å². The first kappa shape index (κ1) is 13.2. The average molecular weight is 286 g/mol. The normalized spacial score (nSPS) is 12.6. The van der Waals surface area contributed by atoms with E-state index in [4.69, 9.17) is 34.8 Å². The molecule has 1 heterocycles. The fraction of sp³-hybridized carbons (Fsp3) is 0.182. The lowest BCUT2D eigenvalue weighted by molar-refractivity contribution is 0.554. The van der Waals surface area contributed by atoms with E-state index in [0.29, 0.717) is 22.3 Å². The molecule has 1 aromatic carbocycles. The van der Waals surface area contributed by atoms with E-state index in [1.807, 2.05) is 12.1 Å². The first-order valence-electron chi connectivity index (χ1n) is 5.31. The van der Waals surface area contributed by atoms with Crippen molar-refractivity contribution in [3.05, 3.63) is 45.6 Å². The molecule has 1 unspecified atom stereocenters. The lowest BCUT2D eigenvalue weighted by Gasteiger charge is -2.16. The van der Waals surface area contributed by atoms with Crippen LogP contribution in [0.1, 0.15) is 17.2 Å². The Morgan fingerprint density at radius 1 is 1.39 bits per heavy atom. The van der Waals surface area contributed by atoms with Gasteiger partial charge in [0.05, 0.1) is 22.3 Å². The number of H-pyrrole nitrogens is 1. The van der Waals surface area contributed by atoms with Crippen molar-refractivity contribution in [1.29, 1.82) is 0 Å². The Morgan fingerprint density at radius 2 is 2.17 bits per heavy atom. The third-order valence-electron chi connectivity index (χ3n) is 2.73. The molecule has 0 aliphatic rings. The maximum Gasteiger partial charge on any atom is 0.123 e. The van der Waals surface area contributed by atoms with Crippen molar-refractivity contribution < 1.29 is 0 Å². The molecule has 5 nitrogen and oxygen atoms in total. The van der Waals surface area contributed by atoms with Crippen LogP contribution in [0.3, 0.4) is 0 Å². The van der Waals surface area contributed by atoms with Gasteiger partial charge < -0.3 is 5.73 Å². The van der Waals surface area contributed by atoms with E-state index >= 15 is 0 Å². The summed E-state index contributed by atoms with van der Waals surface area (Å²) in [6, 6.07) is 5.30. The van der Waals surface area contributed by atoms with Gasteiger partial charge in [0.15, 0.2) is 0 Å². The maximum atomic E-state index is 6.14. The number of halogens is 2. The van der Waals surface area contributed by atoms with Gasteiger partial charge in [0.2, 0.25) is 0 Å². The van der Waals surface area contributed by atoms with Crippen molar-refractivity contribution >= 4 is 29.0 Å². The molecule has 0 aliphatic carbocycles. The van der Waals surface area contributed by atoms with Crippen LogP contribution in [0.15, 0.2) is 24.4 Å². The summed E-state index contributed by atoms with van der Waals surface area (Å²) in [5, 5.41) is 7.58. The molecule has 0 amide bonds. The number of anilines is 1. The van der Waals surface area contributed by atoms with Crippen molar-refractivity contribution in [1.82, 2.24) is 15.6 Å². The van der Waals surface area contributed by atoms with Crippen LogP contribution >= 0.6 is 23.2 Å². The van der Waals surface area contributed by atoms with Crippen LogP contribution in [0.25, 0.3) is 0 Å². The van der Waals surface area contributed by atoms with Crippen molar-refractivity contribution in [2.75, 3.05) is 5.73 Å². The van der Waals surface area contributed by atoms with Crippen LogP contribution in [-0.2, 0) is 6.42 Å². The molecule has 0 radical (unpaired) electrons. The van der Waals surface area contributed by atoms with Gasteiger partial charge in [-0.3, -0.25) is 16.4 Å². The van der Waals surface area contributed by atoms with Gasteiger partial charge in [-0.1, -0.05) is 35.3 Å². The molecule has 0 aliphatic heterocycles. The Bertz CT molecular complexity index is 540. The van der Waals surface area contributed by atoms with Crippen LogP contribution in [0.2, 0.25) is 10.0 Å². The molecule has 2 rings (SSSR count). The molecular formula is C11H13Cl2N5. The molecule has 0 bridgehead atoms. The van der Waals surface area contributed by atoms with Gasteiger partial charge in [0.25, 0.3) is 0 Å². The third kappa shape index (κ3) is 2.59. The first-order valence-corrected chi connectivity index (χ1v) is 6.06. The summed E-state index contributed by atoms with van der Waals surface area (Å²) in [5.74, 6) is 6.03. The van der Waals surface area contributed by atoms with Gasteiger partial charge in [-0.2, -0.15) is 5.10 Å². The smallest absolute Gasteiger partial charge is 0.123 e. The molecule has 0 saturated heterocycles.